The van der Waals surface area contributed by atoms with Gasteiger partial charge in [-0.05, 0) is 0 Å². The second-order valence-corrected chi connectivity index (χ2v) is 2.75. The average Bonchev–Trinajstić information content (AvgIpc) is 2.04. The zero-order valence-electron chi connectivity index (χ0n) is 6.70. The van der Waals surface area contributed by atoms with Crippen molar-refractivity contribution in [3.63, 3.8) is 0 Å². The van der Waals surface area contributed by atoms with Crippen LogP contribution < -0.4 is 11.7 Å². The molecule has 5 nitrogen and oxygen atoms in total. The van der Waals surface area contributed by atoms with Gasteiger partial charge in [-0.15, -0.1) is 0 Å². The molecule has 0 aliphatic carbocycles. The molecule has 1 aliphatic rings. The second-order valence-electron chi connectivity index (χ2n) is 2.75. The fraction of sp³-hybridized carbons (Fsp3) is 1.00. The highest BCUT2D eigenvalue weighted by Crippen LogP contribution is 1.95. The molecule has 0 amide bonds. The van der Waals surface area contributed by atoms with Crippen molar-refractivity contribution in [3.05, 3.63) is 0 Å². The topological polar surface area (TPSA) is 67.8 Å². The number of hydrazine groups is 1. The Kier molecular flexibility index (Phi) is 3.74. The van der Waals surface area contributed by atoms with E-state index in [1.54, 1.807) is 0 Å². The molecule has 1 rings (SSSR count). The number of nitrogens with zero attached hydrogens (tertiary/aromatic N) is 2. The summed E-state index contributed by atoms with van der Waals surface area (Å²) >= 11 is 0. The maximum absolute atomic E-state index is 5.58. The highest BCUT2D eigenvalue weighted by molar-refractivity contribution is 4.67. The first-order chi connectivity index (χ1) is 5.33. The van der Waals surface area contributed by atoms with E-state index in [1.807, 2.05) is 5.01 Å². The molecular weight excluding hydrogens is 144 g/mol. The molecular formula is C6H16N4O. The second kappa shape index (κ2) is 4.63. The Balaban J connectivity index is 2.07. The van der Waals surface area contributed by atoms with Gasteiger partial charge in [-0.2, -0.15) is 0 Å². The molecule has 0 saturated carbocycles. The molecule has 0 spiro atoms. The Morgan fingerprint density at radius 2 is 1.82 bits per heavy atom. The van der Waals surface area contributed by atoms with Gasteiger partial charge < -0.3 is 4.84 Å². The highest BCUT2D eigenvalue weighted by Gasteiger charge is 2.12. The number of piperazine rings is 1. The summed E-state index contributed by atoms with van der Waals surface area (Å²) in [6, 6.07) is 0. The first-order valence-corrected chi connectivity index (χ1v) is 3.86. The number of rotatable bonds is 3. The predicted octanol–water partition coefficient (Wildman–Crippen LogP) is -1.63. The molecule has 1 saturated heterocycles. The highest BCUT2D eigenvalue weighted by atomic mass is 16.6. The van der Waals surface area contributed by atoms with Crippen molar-refractivity contribution in [2.75, 3.05) is 39.3 Å². The van der Waals surface area contributed by atoms with Crippen LogP contribution >= 0.6 is 0 Å². The number of nitrogens with two attached hydrogens (primary N) is 2. The summed E-state index contributed by atoms with van der Waals surface area (Å²) in [5.41, 5.74) is 0. The van der Waals surface area contributed by atoms with E-state index in [0.29, 0.717) is 6.61 Å². The Morgan fingerprint density at radius 1 is 1.18 bits per heavy atom. The minimum Gasteiger partial charge on any atom is -0.303 e. The fourth-order valence-corrected chi connectivity index (χ4v) is 1.17. The molecule has 4 N–H and O–H groups in total. The van der Waals surface area contributed by atoms with Crippen molar-refractivity contribution < 1.29 is 4.84 Å². The Hall–Kier alpha value is -0.200. The Labute approximate surface area is 66.8 Å². The fourth-order valence-electron chi connectivity index (χ4n) is 1.17. The van der Waals surface area contributed by atoms with Crippen molar-refractivity contribution in [2.45, 2.75) is 0 Å². The maximum atomic E-state index is 5.58. The monoisotopic (exact) mass is 160 g/mol. The van der Waals surface area contributed by atoms with Crippen LogP contribution in [0.25, 0.3) is 0 Å². The van der Waals surface area contributed by atoms with Crippen LogP contribution in [0.3, 0.4) is 0 Å². The van der Waals surface area contributed by atoms with E-state index in [4.69, 9.17) is 11.7 Å². The third kappa shape index (κ3) is 3.13. The minimum absolute atomic E-state index is 0.602. The van der Waals surface area contributed by atoms with Gasteiger partial charge in [0.2, 0.25) is 0 Å². The molecule has 1 fully saturated rings. The molecule has 5 heteroatoms. The van der Waals surface area contributed by atoms with Gasteiger partial charge in [0, 0.05) is 32.7 Å². The summed E-state index contributed by atoms with van der Waals surface area (Å²) < 4.78 is 0. The van der Waals surface area contributed by atoms with E-state index in [0.717, 1.165) is 32.7 Å². The van der Waals surface area contributed by atoms with Gasteiger partial charge in [0.05, 0.1) is 6.61 Å². The minimum atomic E-state index is 0.602. The summed E-state index contributed by atoms with van der Waals surface area (Å²) in [4.78, 5) is 6.77. The smallest absolute Gasteiger partial charge is 0.0806 e. The summed E-state index contributed by atoms with van der Waals surface area (Å²) in [6.45, 7) is 5.41. The van der Waals surface area contributed by atoms with Crippen LogP contribution in [0.2, 0.25) is 0 Å². The lowest BCUT2D eigenvalue weighted by atomic mass is 10.3. The molecule has 0 aromatic rings. The lowest BCUT2D eigenvalue weighted by Crippen LogP contribution is -2.50. The standard InChI is InChI=1S/C6H16N4O/c7-10-3-1-9(2-4-10)5-6-11-8/h1-8H2. The van der Waals surface area contributed by atoms with Gasteiger partial charge >= 0.3 is 0 Å². The summed E-state index contributed by atoms with van der Waals surface area (Å²) in [7, 11) is 0. The maximum Gasteiger partial charge on any atom is 0.0806 e. The zero-order valence-corrected chi connectivity index (χ0v) is 6.70. The van der Waals surface area contributed by atoms with Crippen LogP contribution in [0.1, 0.15) is 0 Å². The van der Waals surface area contributed by atoms with Gasteiger partial charge in [0.25, 0.3) is 0 Å². The van der Waals surface area contributed by atoms with Crippen LogP contribution in [0, 0.1) is 0 Å². The van der Waals surface area contributed by atoms with Crippen LogP contribution in [-0.2, 0) is 4.84 Å². The van der Waals surface area contributed by atoms with Gasteiger partial charge in [-0.1, -0.05) is 0 Å². The largest absolute Gasteiger partial charge is 0.303 e. The molecule has 0 atom stereocenters. The molecule has 11 heavy (non-hydrogen) atoms. The molecule has 0 aromatic carbocycles. The van der Waals surface area contributed by atoms with Gasteiger partial charge in [0.1, 0.15) is 0 Å². The Bertz CT molecular complexity index is 100. The van der Waals surface area contributed by atoms with Gasteiger partial charge in [-0.3, -0.25) is 10.7 Å². The van der Waals surface area contributed by atoms with Crippen molar-refractivity contribution in [1.82, 2.24) is 9.91 Å². The molecule has 66 valence electrons. The molecule has 1 heterocycles. The summed E-state index contributed by atoms with van der Waals surface area (Å²) in [5.74, 6) is 10.5. The first-order valence-electron chi connectivity index (χ1n) is 3.86. The third-order valence-electron chi connectivity index (χ3n) is 1.93. The zero-order chi connectivity index (χ0) is 8.10. The van der Waals surface area contributed by atoms with Crippen LogP contribution in [-0.4, -0.2) is 49.2 Å². The molecule has 0 bridgehead atoms. The van der Waals surface area contributed by atoms with E-state index < -0.39 is 0 Å². The lowest BCUT2D eigenvalue weighted by molar-refractivity contribution is 0.0762. The average molecular weight is 160 g/mol. The third-order valence-corrected chi connectivity index (χ3v) is 1.93. The van der Waals surface area contributed by atoms with E-state index in [9.17, 15) is 0 Å². The lowest BCUT2D eigenvalue weighted by Gasteiger charge is -2.31. The molecule has 0 radical (unpaired) electrons. The number of hydrogen-bond acceptors (Lipinski definition) is 5. The van der Waals surface area contributed by atoms with Crippen molar-refractivity contribution >= 4 is 0 Å². The summed E-state index contributed by atoms with van der Waals surface area (Å²) in [6.07, 6.45) is 0. The predicted molar refractivity (Wildman–Crippen MR) is 42.3 cm³/mol. The van der Waals surface area contributed by atoms with Gasteiger partial charge in [0.15, 0.2) is 0 Å². The van der Waals surface area contributed by atoms with Crippen molar-refractivity contribution in [3.8, 4) is 0 Å². The van der Waals surface area contributed by atoms with E-state index in [-0.39, 0.29) is 0 Å². The summed E-state index contributed by atoms with van der Waals surface area (Å²) in [5, 5.41) is 1.83. The van der Waals surface area contributed by atoms with Crippen LogP contribution in [0.4, 0.5) is 0 Å². The molecule has 0 unspecified atom stereocenters. The van der Waals surface area contributed by atoms with Gasteiger partial charge in [-0.25, -0.2) is 10.9 Å². The van der Waals surface area contributed by atoms with Crippen molar-refractivity contribution in [2.24, 2.45) is 11.7 Å². The first kappa shape index (κ1) is 8.89. The van der Waals surface area contributed by atoms with E-state index in [1.165, 1.54) is 0 Å². The van der Waals surface area contributed by atoms with E-state index in [2.05, 4.69) is 9.74 Å². The SMILES string of the molecule is NOCCN1CCN(N)CC1. The Morgan fingerprint density at radius 3 is 2.36 bits per heavy atom. The molecule has 0 aromatic heterocycles. The van der Waals surface area contributed by atoms with Crippen LogP contribution in [0.15, 0.2) is 0 Å². The van der Waals surface area contributed by atoms with E-state index >= 15 is 0 Å². The number of hydrogen-bond donors (Lipinski definition) is 2. The van der Waals surface area contributed by atoms with Crippen molar-refractivity contribution in [1.29, 1.82) is 0 Å². The van der Waals surface area contributed by atoms with Crippen LogP contribution in [0.5, 0.6) is 0 Å². The molecule has 1 aliphatic heterocycles. The normalized spacial score (nSPS) is 22.4. The quantitative estimate of drug-likeness (QED) is 0.383.